The first kappa shape index (κ1) is 25.0. The highest BCUT2D eigenvalue weighted by Crippen LogP contribution is 2.32. The SMILES string of the molecule is COc1ccc2nc(N=Nc3ccc(N(CCOCCO)CCOCCO)cc3C)sc2c1. The molecule has 0 aliphatic heterocycles. The molecule has 3 aromatic rings. The predicted molar refractivity (Wildman–Crippen MR) is 130 cm³/mol. The number of rotatable bonds is 14. The number of azo groups is 1. The number of ether oxygens (including phenoxy) is 3. The van der Waals surface area contributed by atoms with Gasteiger partial charge in [-0.2, -0.15) is 0 Å². The molecule has 0 bridgehead atoms. The molecule has 0 saturated heterocycles. The van der Waals surface area contributed by atoms with Crippen LogP contribution >= 0.6 is 11.3 Å². The lowest BCUT2D eigenvalue weighted by atomic mass is 10.1. The van der Waals surface area contributed by atoms with Gasteiger partial charge in [-0.25, -0.2) is 4.98 Å². The van der Waals surface area contributed by atoms with Crippen LogP contribution in [-0.2, 0) is 9.47 Å². The molecule has 9 nitrogen and oxygen atoms in total. The fourth-order valence-corrected chi connectivity index (χ4v) is 3.98. The van der Waals surface area contributed by atoms with Crippen LogP contribution in [0.5, 0.6) is 5.75 Å². The molecule has 10 heteroatoms. The van der Waals surface area contributed by atoms with Gasteiger partial charge >= 0.3 is 0 Å². The van der Waals surface area contributed by atoms with Gasteiger partial charge in [-0.3, -0.25) is 0 Å². The molecule has 1 heterocycles. The van der Waals surface area contributed by atoms with Gasteiger partial charge in [0.1, 0.15) is 5.75 Å². The molecule has 2 N–H and O–H groups in total. The Balaban J connectivity index is 1.70. The van der Waals surface area contributed by atoms with E-state index in [2.05, 4.69) is 26.2 Å². The average Bonchev–Trinajstić information content (AvgIpc) is 3.24. The first-order valence-corrected chi connectivity index (χ1v) is 11.6. The third-order valence-corrected chi connectivity index (χ3v) is 5.76. The third kappa shape index (κ3) is 7.44. The highest BCUT2D eigenvalue weighted by atomic mass is 32.1. The zero-order valence-corrected chi connectivity index (χ0v) is 19.8. The van der Waals surface area contributed by atoms with Crippen LogP contribution in [0.15, 0.2) is 46.6 Å². The van der Waals surface area contributed by atoms with Crippen molar-refractivity contribution in [3.05, 3.63) is 42.0 Å². The fraction of sp³-hybridized carbons (Fsp3) is 0.435. The molecule has 0 unspecified atom stereocenters. The molecule has 3 rings (SSSR count). The van der Waals surface area contributed by atoms with Crippen molar-refractivity contribution in [3.8, 4) is 5.75 Å². The second kappa shape index (κ2) is 13.2. The van der Waals surface area contributed by atoms with Gasteiger partial charge in [0.2, 0.25) is 5.13 Å². The topological polar surface area (TPSA) is 109 Å². The summed E-state index contributed by atoms with van der Waals surface area (Å²) in [6.07, 6.45) is 0. The van der Waals surface area contributed by atoms with E-state index in [1.807, 2.05) is 37.3 Å². The molecule has 178 valence electrons. The summed E-state index contributed by atoms with van der Waals surface area (Å²) in [5.74, 6) is 0.786. The number of aromatic nitrogens is 1. The summed E-state index contributed by atoms with van der Waals surface area (Å²) in [7, 11) is 1.64. The first-order chi connectivity index (χ1) is 16.1. The minimum atomic E-state index is 0.000618. The first-order valence-electron chi connectivity index (χ1n) is 10.7. The van der Waals surface area contributed by atoms with E-state index >= 15 is 0 Å². The van der Waals surface area contributed by atoms with Crippen LogP contribution in [-0.4, -0.2) is 75.0 Å². The minimum absolute atomic E-state index is 0.000618. The van der Waals surface area contributed by atoms with Crippen molar-refractivity contribution in [1.82, 2.24) is 4.98 Å². The number of aryl methyl sites for hydroxylation is 1. The third-order valence-electron chi connectivity index (χ3n) is 4.86. The summed E-state index contributed by atoms with van der Waals surface area (Å²) in [6.45, 7) is 4.89. The van der Waals surface area contributed by atoms with Crippen molar-refractivity contribution in [1.29, 1.82) is 0 Å². The van der Waals surface area contributed by atoms with Gasteiger partial charge in [-0.05, 0) is 48.9 Å². The number of aliphatic hydroxyl groups excluding tert-OH is 2. The molecule has 1 aromatic heterocycles. The Hall–Kier alpha value is -2.63. The van der Waals surface area contributed by atoms with Crippen molar-refractivity contribution in [2.45, 2.75) is 6.92 Å². The Bertz CT molecular complexity index is 1030. The zero-order valence-electron chi connectivity index (χ0n) is 18.9. The van der Waals surface area contributed by atoms with E-state index in [0.29, 0.717) is 44.6 Å². The lowest BCUT2D eigenvalue weighted by Gasteiger charge is -2.25. The van der Waals surface area contributed by atoms with Gasteiger partial charge in [0.25, 0.3) is 0 Å². The highest BCUT2D eigenvalue weighted by Gasteiger charge is 2.10. The maximum Gasteiger partial charge on any atom is 0.231 e. The molecule has 0 fully saturated rings. The van der Waals surface area contributed by atoms with E-state index in [9.17, 15) is 0 Å². The van der Waals surface area contributed by atoms with E-state index in [1.54, 1.807) is 7.11 Å². The molecule has 0 spiro atoms. The van der Waals surface area contributed by atoms with Gasteiger partial charge in [0, 0.05) is 18.8 Å². The summed E-state index contributed by atoms with van der Waals surface area (Å²) in [5, 5.41) is 27.1. The molecular weight excluding hydrogens is 444 g/mol. The highest BCUT2D eigenvalue weighted by molar-refractivity contribution is 7.21. The van der Waals surface area contributed by atoms with E-state index in [-0.39, 0.29) is 13.2 Å². The summed E-state index contributed by atoms with van der Waals surface area (Å²) >= 11 is 1.46. The molecule has 33 heavy (non-hydrogen) atoms. The van der Waals surface area contributed by atoms with Crippen LogP contribution in [0.4, 0.5) is 16.5 Å². The van der Waals surface area contributed by atoms with E-state index in [4.69, 9.17) is 24.4 Å². The number of aliphatic hydroxyl groups is 2. The van der Waals surface area contributed by atoms with Gasteiger partial charge in [-0.15, -0.1) is 10.2 Å². The number of nitrogens with zero attached hydrogens (tertiary/aromatic N) is 4. The van der Waals surface area contributed by atoms with Crippen molar-refractivity contribution in [2.24, 2.45) is 10.2 Å². The number of hydrogen-bond acceptors (Lipinski definition) is 10. The van der Waals surface area contributed by atoms with Crippen molar-refractivity contribution < 1.29 is 24.4 Å². The van der Waals surface area contributed by atoms with Crippen LogP contribution in [0.25, 0.3) is 10.2 Å². The Morgan fingerprint density at radius 2 is 1.67 bits per heavy atom. The van der Waals surface area contributed by atoms with E-state index in [1.165, 1.54) is 11.3 Å². The quantitative estimate of drug-likeness (QED) is 0.270. The van der Waals surface area contributed by atoms with Gasteiger partial charge in [-0.1, -0.05) is 11.3 Å². The minimum Gasteiger partial charge on any atom is -0.497 e. The second-order valence-electron chi connectivity index (χ2n) is 7.16. The van der Waals surface area contributed by atoms with Crippen LogP contribution in [0.2, 0.25) is 0 Å². The standard InChI is InChI=1S/C23H30N4O5S/c1-17-15-18(27(7-11-31-13-9-28)8-12-32-14-10-29)3-5-20(17)25-26-23-24-21-6-4-19(30-2)16-22(21)33-23/h3-6,15-16,28-29H,7-14H2,1-2H3. The van der Waals surface area contributed by atoms with Crippen LogP contribution in [0, 0.1) is 6.92 Å². The van der Waals surface area contributed by atoms with Gasteiger partial charge in [0.15, 0.2) is 0 Å². The monoisotopic (exact) mass is 474 g/mol. The molecule has 0 aliphatic carbocycles. The number of thiazole rings is 1. The number of anilines is 1. The van der Waals surface area contributed by atoms with Crippen LogP contribution in [0.1, 0.15) is 5.56 Å². The smallest absolute Gasteiger partial charge is 0.231 e. The summed E-state index contributed by atoms with van der Waals surface area (Å²) < 4.78 is 17.1. The average molecular weight is 475 g/mol. The molecule has 2 aromatic carbocycles. The summed E-state index contributed by atoms with van der Waals surface area (Å²) in [4.78, 5) is 6.65. The zero-order chi connectivity index (χ0) is 23.5. The lowest BCUT2D eigenvalue weighted by molar-refractivity contribution is 0.0884. The van der Waals surface area contributed by atoms with E-state index in [0.717, 1.165) is 32.9 Å². The van der Waals surface area contributed by atoms with Crippen LogP contribution in [0.3, 0.4) is 0 Å². The fourth-order valence-electron chi connectivity index (χ4n) is 3.16. The number of fused-ring (bicyclic) bond motifs is 1. The Labute approximate surface area is 197 Å². The largest absolute Gasteiger partial charge is 0.497 e. The summed E-state index contributed by atoms with van der Waals surface area (Å²) in [5.41, 5.74) is 3.63. The van der Waals surface area contributed by atoms with Crippen LogP contribution < -0.4 is 9.64 Å². The summed E-state index contributed by atoms with van der Waals surface area (Å²) in [6, 6.07) is 11.7. The molecule has 0 radical (unpaired) electrons. The maximum atomic E-state index is 8.90. The number of methoxy groups -OCH3 is 1. The van der Waals surface area contributed by atoms with Crippen molar-refractivity contribution in [3.63, 3.8) is 0 Å². The maximum absolute atomic E-state index is 8.90. The number of benzene rings is 2. The Morgan fingerprint density at radius 3 is 2.30 bits per heavy atom. The molecule has 0 aliphatic rings. The van der Waals surface area contributed by atoms with Gasteiger partial charge < -0.3 is 29.3 Å². The van der Waals surface area contributed by atoms with Crippen molar-refractivity contribution >= 4 is 38.1 Å². The molecular formula is C23H30N4O5S. The molecule has 0 atom stereocenters. The van der Waals surface area contributed by atoms with Crippen molar-refractivity contribution in [2.75, 3.05) is 64.7 Å². The lowest BCUT2D eigenvalue weighted by Crippen LogP contribution is -2.31. The second-order valence-corrected chi connectivity index (χ2v) is 8.17. The Morgan fingerprint density at radius 1 is 0.939 bits per heavy atom. The normalized spacial score (nSPS) is 11.5. The molecule has 0 amide bonds. The Kier molecular flexibility index (Phi) is 9.98. The number of hydrogen-bond donors (Lipinski definition) is 2. The van der Waals surface area contributed by atoms with Gasteiger partial charge in [0.05, 0.1) is 62.7 Å². The molecule has 0 saturated carbocycles. The predicted octanol–water partition coefficient (Wildman–Crippen LogP) is 3.85. The van der Waals surface area contributed by atoms with E-state index < -0.39 is 0 Å².